The number of carbonyl (C=O) groups is 3. The third-order valence-electron chi connectivity index (χ3n) is 7.58. The van der Waals surface area contributed by atoms with Crippen LogP contribution in [-0.4, -0.2) is 113 Å². The molecule has 1 aliphatic rings. The highest BCUT2D eigenvalue weighted by Gasteiger charge is 2.45. The summed E-state index contributed by atoms with van der Waals surface area (Å²) in [5, 5.41) is 1.21. The number of nitrogens with zero attached hydrogens (tertiary/aromatic N) is 7. The van der Waals surface area contributed by atoms with E-state index in [0.717, 1.165) is 22.3 Å². The third kappa shape index (κ3) is 7.47. The zero-order valence-corrected chi connectivity index (χ0v) is 28.7. The number of thiophene rings is 1. The average Bonchev–Trinajstić information content (AvgIpc) is 3.45. The van der Waals surface area contributed by atoms with Crippen LogP contribution in [0.3, 0.4) is 0 Å². The van der Waals surface area contributed by atoms with Crippen LogP contribution < -0.4 is 0 Å². The maximum absolute atomic E-state index is 14.1. The number of pyridine rings is 1. The maximum Gasteiger partial charge on any atom is 0.292 e. The highest BCUT2D eigenvalue weighted by Crippen LogP contribution is 2.35. The third-order valence-corrected chi connectivity index (χ3v) is 11.2. The smallest absolute Gasteiger partial charge is 0.292 e. The second kappa shape index (κ2) is 14.4. The van der Waals surface area contributed by atoms with Crippen LogP contribution in [0.2, 0.25) is 5.02 Å². The minimum atomic E-state index is -4.08. The molecule has 0 bridgehead atoms. The zero-order valence-electron chi connectivity index (χ0n) is 25.5. The summed E-state index contributed by atoms with van der Waals surface area (Å²) in [6.07, 6.45) is 5.96. The van der Waals surface area contributed by atoms with Gasteiger partial charge in [-0.2, -0.15) is 4.31 Å². The molecular weight excluding hydrogens is 673 g/mol. The van der Waals surface area contributed by atoms with Crippen LogP contribution in [0.25, 0.3) is 21.2 Å². The first-order chi connectivity index (χ1) is 21.3. The predicted octanol–water partition coefficient (Wildman–Crippen LogP) is 3.67. The van der Waals surface area contributed by atoms with Crippen molar-refractivity contribution in [2.75, 3.05) is 41.3 Å². The predicted molar refractivity (Wildman–Crippen MR) is 178 cm³/mol. The monoisotopic (exact) mass is 705 g/mol. The molecule has 244 valence electrons. The summed E-state index contributed by atoms with van der Waals surface area (Å²) in [6.45, 7) is -0.325. The van der Waals surface area contributed by atoms with Crippen LogP contribution >= 0.6 is 35.3 Å². The minimum Gasteiger partial charge on any atom is -0.349 e. The van der Waals surface area contributed by atoms with Crippen molar-refractivity contribution in [3.63, 3.8) is 0 Å². The number of sulfonamides is 1. The number of benzene rings is 1. The highest BCUT2D eigenvalue weighted by molar-refractivity contribution is 7.91. The van der Waals surface area contributed by atoms with Gasteiger partial charge in [0.2, 0.25) is 17.6 Å². The molecule has 0 saturated carbocycles. The molecule has 5 rings (SSSR count). The molecule has 12 nitrogen and oxygen atoms in total. The van der Waals surface area contributed by atoms with E-state index in [0.29, 0.717) is 15.3 Å². The summed E-state index contributed by atoms with van der Waals surface area (Å²) in [6, 6.07) is 8.50. The normalized spacial score (nSPS) is 16.9. The first-order valence-electron chi connectivity index (χ1n) is 14.0. The largest absolute Gasteiger partial charge is 0.349 e. The lowest BCUT2D eigenvalue weighted by Crippen LogP contribution is -2.63. The number of aromatic nitrogens is 3. The van der Waals surface area contributed by atoms with Crippen LogP contribution in [0.15, 0.2) is 65.4 Å². The minimum absolute atomic E-state index is 0. The Labute approximate surface area is 282 Å². The molecule has 1 saturated heterocycles. The van der Waals surface area contributed by atoms with Gasteiger partial charge >= 0.3 is 0 Å². The lowest BCUT2D eigenvalue weighted by molar-refractivity contribution is -0.131. The summed E-state index contributed by atoms with van der Waals surface area (Å²) in [7, 11) is 2.26. The summed E-state index contributed by atoms with van der Waals surface area (Å²) in [5.74, 6) is -1.34. The van der Waals surface area contributed by atoms with Crippen molar-refractivity contribution in [2.45, 2.75) is 29.1 Å². The van der Waals surface area contributed by atoms with Crippen LogP contribution in [0, 0.1) is 0 Å². The van der Waals surface area contributed by atoms with E-state index in [1.54, 1.807) is 77.0 Å². The summed E-state index contributed by atoms with van der Waals surface area (Å²) < 4.78 is 30.2. The van der Waals surface area contributed by atoms with Crippen molar-refractivity contribution in [1.29, 1.82) is 0 Å². The first kappa shape index (κ1) is 35.2. The van der Waals surface area contributed by atoms with E-state index in [2.05, 4.69) is 15.0 Å². The lowest BCUT2D eigenvalue weighted by atomic mass is 10.0. The van der Waals surface area contributed by atoms with Crippen molar-refractivity contribution in [1.82, 2.24) is 34.0 Å². The second-order valence-corrected chi connectivity index (χ2v) is 14.8. The van der Waals surface area contributed by atoms with Crippen LogP contribution in [0.5, 0.6) is 0 Å². The van der Waals surface area contributed by atoms with Gasteiger partial charge in [-0.3, -0.25) is 19.4 Å². The Hall–Kier alpha value is -3.69. The molecule has 46 heavy (non-hydrogen) atoms. The average molecular weight is 707 g/mol. The van der Waals surface area contributed by atoms with Gasteiger partial charge in [0, 0.05) is 94.2 Å². The van der Waals surface area contributed by atoms with Crippen molar-refractivity contribution in [3.05, 3.63) is 72.0 Å². The Bertz CT molecular complexity index is 1810. The number of hydrogen-bond donors (Lipinski definition) is 0. The number of piperazine rings is 1. The highest BCUT2D eigenvalue weighted by atomic mass is 35.5. The number of halogens is 2. The van der Waals surface area contributed by atoms with E-state index in [1.807, 2.05) is 0 Å². The van der Waals surface area contributed by atoms with Gasteiger partial charge in [0.15, 0.2) is 0 Å². The van der Waals surface area contributed by atoms with Gasteiger partial charge in [-0.25, -0.2) is 18.4 Å². The quantitative estimate of drug-likeness (QED) is 0.271. The van der Waals surface area contributed by atoms with E-state index in [-0.39, 0.29) is 60.2 Å². The number of hydrogen-bond acceptors (Lipinski definition) is 9. The van der Waals surface area contributed by atoms with Crippen LogP contribution in [0.4, 0.5) is 0 Å². The number of rotatable bonds is 8. The molecular formula is C30H33Cl2N7O5S2. The van der Waals surface area contributed by atoms with Crippen LogP contribution in [-0.2, 0) is 19.6 Å². The second-order valence-electron chi connectivity index (χ2n) is 11.1. The topological polar surface area (TPSA) is 137 Å². The molecule has 1 aliphatic heterocycles. The van der Waals surface area contributed by atoms with Gasteiger partial charge in [-0.05, 0) is 41.3 Å². The molecule has 1 aromatic carbocycles. The SMILES string of the molecule is CN(C)C(=O)C[C@@H]1CN(S(=O)(=O)c2cc3ccc(Cl)cc3s2)C[C@H](CC(=O)N(C)C)N1C(=O)c1ncc(-c2ccncc2)cn1.Cl. The Morgan fingerprint density at radius 2 is 1.46 bits per heavy atom. The molecule has 2 atom stereocenters. The Balaban J connectivity index is 0.00000480. The van der Waals surface area contributed by atoms with Crippen LogP contribution in [0.1, 0.15) is 23.5 Å². The van der Waals surface area contributed by atoms with Gasteiger partial charge < -0.3 is 14.7 Å². The van der Waals surface area contributed by atoms with Crippen molar-refractivity contribution >= 4 is 73.2 Å². The molecule has 4 heterocycles. The van der Waals surface area contributed by atoms with Gasteiger partial charge in [0.1, 0.15) is 4.21 Å². The van der Waals surface area contributed by atoms with E-state index in [1.165, 1.54) is 31.4 Å². The molecule has 0 aliphatic carbocycles. The molecule has 0 radical (unpaired) electrons. The molecule has 0 spiro atoms. The van der Waals surface area contributed by atoms with Crippen molar-refractivity contribution < 1.29 is 22.8 Å². The molecule has 3 aromatic heterocycles. The van der Waals surface area contributed by atoms with E-state index in [9.17, 15) is 22.8 Å². The summed E-state index contributed by atoms with van der Waals surface area (Å²) in [4.78, 5) is 57.0. The molecule has 3 amide bonds. The maximum atomic E-state index is 14.1. The van der Waals surface area contributed by atoms with Crippen molar-refractivity contribution in [3.8, 4) is 11.1 Å². The standard InChI is InChI=1S/C30H32ClN7O5S2.ClH/c1-35(2)26(39)13-23-17-37(45(42,43)28-11-20-5-6-22(31)12-25(20)44-28)18-24(14-27(40)36(3)4)38(23)30(41)29-33-15-21(16-34-29)19-7-9-32-10-8-19;/h5-12,15-16,23-24H,13-14,17-18H2,1-4H3;1H/t23-,24+;. The van der Waals surface area contributed by atoms with Gasteiger partial charge in [-0.15, -0.1) is 23.7 Å². The fourth-order valence-corrected chi connectivity index (χ4v) is 8.47. The van der Waals surface area contributed by atoms with Gasteiger partial charge in [0.05, 0.1) is 12.1 Å². The fraction of sp³-hybridized carbons (Fsp3) is 0.333. The number of fused-ring (bicyclic) bond motifs is 1. The molecule has 0 unspecified atom stereocenters. The zero-order chi connectivity index (χ0) is 32.5. The molecule has 4 aromatic rings. The Morgan fingerprint density at radius 1 is 0.891 bits per heavy atom. The van der Waals surface area contributed by atoms with E-state index in [4.69, 9.17) is 11.6 Å². The summed E-state index contributed by atoms with van der Waals surface area (Å²) in [5.41, 5.74) is 1.49. The lowest BCUT2D eigenvalue weighted by Gasteiger charge is -2.45. The number of amides is 3. The fourth-order valence-electron chi connectivity index (χ4n) is 5.12. The first-order valence-corrected chi connectivity index (χ1v) is 16.6. The van der Waals surface area contributed by atoms with Gasteiger partial charge in [-0.1, -0.05) is 17.7 Å². The van der Waals surface area contributed by atoms with E-state index >= 15 is 0 Å². The van der Waals surface area contributed by atoms with Gasteiger partial charge in [0.25, 0.3) is 15.9 Å². The Morgan fingerprint density at radius 3 is 2.00 bits per heavy atom. The van der Waals surface area contributed by atoms with Crippen molar-refractivity contribution in [2.24, 2.45) is 0 Å². The summed E-state index contributed by atoms with van der Waals surface area (Å²) >= 11 is 7.22. The Kier molecular flexibility index (Phi) is 11.0. The van der Waals surface area contributed by atoms with E-state index < -0.39 is 28.0 Å². The molecule has 0 N–H and O–H groups in total. The molecule has 16 heteroatoms. The number of carbonyl (C=O) groups excluding carboxylic acids is 3. The molecule has 1 fully saturated rings.